The Labute approximate surface area is 102 Å². The van der Waals surface area contributed by atoms with E-state index in [1.807, 2.05) is 0 Å². The van der Waals surface area contributed by atoms with Crippen molar-refractivity contribution >= 4 is 16.7 Å². The highest BCUT2D eigenvalue weighted by Crippen LogP contribution is 2.33. The molecule has 1 aromatic heterocycles. The molecule has 0 aliphatic heterocycles. The van der Waals surface area contributed by atoms with Crippen molar-refractivity contribution in [3.8, 4) is 0 Å². The zero-order chi connectivity index (χ0) is 11.8. The first kappa shape index (κ1) is 11.8. The maximum absolute atomic E-state index is 4.59. The molecule has 1 fully saturated rings. The SMILES string of the molecule is CC1(Nc2nc(C(C)(C)C)ns2)CCCC1. The van der Waals surface area contributed by atoms with Crippen LogP contribution in [0.25, 0.3) is 0 Å². The molecule has 3 nitrogen and oxygen atoms in total. The van der Waals surface area contributed by atoms with Gasteiger partial charge in [-0.1, -0.05) is 33.6 Å². The lowest BCUT2D eigenvalue weighted by Crippen LogP contribution is -2.30. The summed E-state index contributed by atoms with van der Waals surface area (Å²) < 4.78 is 4.43. The Kier molecular flexibility index (Phi) is 2.95. The molecule has 90 valence electrons. The van der Waals surface area contributed by atoms with E-state index in [1.54, 1.807) is 0 Å². The van der Waals surface area contributed by atoms with Crippen LogP contribution in [0.5, 0.6) is 0 Å². The monoisotopic (exact) mass is 239 g/mol. The fraction of sp³-hybridized carbons (Fsp3) is 0.833. The van der Waals surface area contributed by atoms with Crippen molar-refractivity contribution in [2.45, 2.75) is 64.3 Å². The molecular weight excluding hydrogens is 218 g/mol. The minimum atomic E-state index is 0.0486. The summed E-state index contributed by atoms with van der Waals surface area (Å²) in [5, 5.41) is 4.54. The van der Waals surface area contributed by atoms with Gasteiger partial charge in [-0.3, -0.25) is 0 Å². The molecule has 0 radical (unpaired) electrons. The maximum Gasteiger partial charge on any atom is 0.203 e. The molecule has 1 N–H and O–H groups in total. The van der Waals surface area contributed by atoms with E-state index in [4.69, 9.17) is 0 Å². The van der Waals surface area contributed by atoms with Gasteiger partial charge in [-0.25, -0.2) is 4.98 Å². The molecule has 0 bridgehead atoms. The van der Waals surface area contributed by atoms with Crippen LogP contribution in [-0.2, 0) is 5.41 Å². The van der Waals surface area contributed by atoms with Crippen LogP contribution in [0, 0.1) is 0 Å². The zero-order valence-electron chi connectivity index (χ0n) is 10.6. The molecule has 0 unspecified atom stereocenters. The van der Waals surface area contributed by atoms with Gasteiger partial charge in [0.1, 0.15) is 5.82 Å². The maximum atomic E-state index is 4.59. The highest BCUT2D eigenvalue weighted by Gasteiger charge is 2.30. The molecule has 0 amide bonds. The van der Waals surface area contributed by atoms with Gasteiger partial charge in [-0.2, -0.15) is 4.37 Å². The van der Waals surface area contributed by atoms with Crippen molar-refractivity contribution in [1.82, 2.24) is 9.36 Å². The molecule has 1 saturated carbocycles. The number of hydrogen-bond acceptors (Lipinski definition) is 4. The molecule has 1 aromatic rings. The van der Waals surface area contributed by atoms with Crippen LogP contribution in [0.4, 0.5) is 5.13 Å². The number of nitrogens with one attached hydrogen (secondary N) is 1. The Hall–Kier alpha value is -0.640. The molecule has 1 heterocycles. The van der Waals surface area contributed by atoms with Crippen molar-refractivity contribution in [2.75, 3.05) is 5.32 Å². The van der Waals surface area contributed by atoms with E-state index in [1.165, 1.54) is 37.2 Å². The molecule has 0 atom stereocenters. The normalized spacial score (nSPS) is 20.0. The van der Waals surface area contributed by atoms with E-state index in [-0.39, 0.29) is 11.0 Å². The summed E-state index contributed by atoms with van der Waals surface area (Å²) >= 11 is 1.49. The van der Waals surface area contributed by atoms with Gasteiger partial charge in [0.2, 0.25) is 5.13 Å². The van der Waals surface area contributed by atoms with Crippen LogP contribution < -0.4 is 5.32 Å². The summed E-state index contributed by atoms with van der Waals surface area (Å²) in [4.78, 5) is 4.59. The largest absolute Gasteiger partial charge is 0.355 e. The predicted molar refractivity (Wildman–Crippen MR) is 69.1 cm³/mol. The number of nitrogens with zero attached hydrogens (tertiary/aromatic N) is 2. The van der Waals surface area contributed by atoms with Gasteiger partial charge in [-0.15, -0.1) is 0 Å². The van der Waals surface area contributed by atoms with E-state index in [9.17, 15) is 0 Å². The van der Waals surface area contributed by atoms with Crippen molar-refractivity contribution in [3.05, 3.63) is 5.82 Å². The first-order valence-corrected chi connectivity index (χ1v) is 6.79. The second kappa shape index (κ2) is 3.99. The van der Waals surface area contributed by atoms with Crippen LogP contribution in [-0.4, -0.2) is 14.9 Å². The van der Waals surface area contributed by atoms with Gasteiger partial charge in [0.05, 0.1) is 0 Å². The van der Waals surface area contributed by atoms with Crippen LogP contribution in [0.2, 0.25) is 0 Å². The van der Waals surface area contributed by atoms with Gasteiger partial charge in [0.15, 0.2) is 0 Å². The van der Waals surface area contributed by atoms with E-state index in [2.05, 4.69) is 42.4 Å². The standard InChI is InChI=1S/C12H21N3S/c1-11(2,3)9-13-10(16-15-9)14-12(4)7-5-6-8-12/h5-8H2,1-4H3,(H,13,14,15). The Bertz CT molecular complexity index is 359. The average molecular weight is 239 g/mol. The van der Waals surface area contributed by atoms with Crippen molar-refractivity contribution in [1.29, 1.82) is 0 Å². The summed E-state index contributed by atoms with van der Waals surface area (Å²) in [6.07, 6.45) is 5.15. The number of anilines is 1. The third kappa shape index (κ3) is 2.54. The smallest absolute Gasteiger partial charge is 0.203 e. The Morgan fingerprint density at radius 2 is 1.88 bits per heavy atom. The second-order valence-electron chi connectivity index (χ2n) is 6.07. The van der Waals surface area contributed by atoms with Gasteiger partial charge >= 0.3 is 0 Å². The fourth-order valence-electron chi connectivity index (χ4n) is 2.12. The van der Waals surface area contributed by atoms with Crippen LogP contribution >= 0.6 is 11.5 Å². The first-order chi connectivity index (χ1) is 7.39. The molecule has 16 heavy (non-hydrogen) atoms. The lowest BCUT2D eigenvalue weighted by Gasteiger charge is -2.24. The van der Waals surface area contributed by atoms with Gasteiger partial charge in [0, 0.05) is 22.5 Å². The molecule has 1 aliphatic rings. The molecule has 1 aliphatic carbocycles. The summed E-state index contributed by atoms with van der Waals surface area (Å²) in [7, 11) is 0. The second-order valence-corrected chi connectivity index (χ2v) is 6.82. The lowest BCUT2D eigenvalue weighted by atomic mass is 9.96. The summed E-state index contributed by atoms with van der Waals surface area (Å²) in [6, 6.07) is 0. The summed E-state index contributed by atoms with van der Waals surface area (Å²) in [5.74, 6) is 0.946. The third-order valence-electron chi connectivity index (χ3n) is 3.21. The zero-order valence-corrected chi connectivity index (χ0v) is 11.4. The van der Waals surface area contributed by atoms with Crippen molar-refractivity contribution in [2.24, 2.45) is 0 Å². The summed E-state index contributed by atoms with van der Waals surface area (Å²) in [6.45, 7) is 8.74. The Balaban J connectivity index is 2.08. The van der Waals surface area contributed by atoms with Crippen LogP contribution in [0.1, 0.15) is 59.2 Å². The summed E-state index contributed by atoms with van der Waals surface area (Å²) in [5.41, 5.74) is 0.293. The van der Waals surface area contributed by atoms with E-state index in [0.29, 0.717) is 0 Å². The van der Waals surface area contributed by atoms with Gasteiger partial charge < -0.3 is 5.32 Å². The minimum Gasteiger partial charge on any atom is -0.355 e. The van der Waals surface area contributed by atoms with E-state index >= 15 is 0 Å². The Morgan fingerprint density at radius 1 is 1.25 bits per heavy atom. The van der Waals surface area contributed by atoms with Crippen LogP contribution in [0.15, 0.2) is 0 Å². The number of rotatable bonds is 2. The molecular formula is C12H21N3S. The number of hydrogen-bond donors (Lipinski definition) is 1. The highest BCUT2D eigenvalue weighted by atomic mass is 32.1. The Morgan fingerprint density at radius 3 is 2.38 bits per heavy atom. The molecule has 0 saturated heterocycles. The van der Waals surface area contributed by atoms with Crippen molar-refractivity contribution < 1.29 is 0 Å². The van der Waals surface area contributed by atoms with Crippen molar-refractivity contribution in [3.63, 3.8) is 0 Å². The number of aromatic nitrogens is 2. The van der Waals surface area contributed by atoms with Gasteiger partial charge in [0.25, 0.3) is 0 Å². The molecule has 0 spiro atoms. The molecule has 0 aromatic carbocycles. The quantitative estimate of drug-likeness (QED) is 0.857. The van der Waals surface area contributed by atoms with Crippen LogP contribution in [0.3, 0.4) is 0 Å². The lowest BCUT2D eigenvalue weighted by molar-refractivity contribution is 0.528. The minimum absolute atomic E-state index is 0.0486. The topological polar surface area (TPSA) is 37.8 Å². The molecule has 2 rings (SSSR count). The first-order valence-electron chi connectivity index (χ1n) is 6.01. The molecule has 4 heteroatoms. The average Bonchev–Trinajstić information content (AvgIpc) is 2.74. The predicted octanol–water partition coefficient (Wildman–Crippen LogP) is 3.58. The van der Waals surface area contributed by atoms with E-state index < -0.39 is 0 Å². The van der Waals surface area contributed by atoms with Gasteiger partial charge in [-0.05, 0) is 19.8 Å². The fourth-order valence-corrected chi connectivity index (χ4v) is 3.02. The third-order valence-corrected chi connectivity index (χ3v) is 3.84. The van der Waals surface area contributed by atoms with E-state index in [0.717, 1.165) is 11.0 Å². The highest BCUT2D eigenvalue weighted by molar-refractivity contribution is 7.09.